The van der Waals surface area contributed by atoms with Crippen LogP contribution in [0.3, 0.4) is 0 Å². The molecule has 0 radical (unpaired) electrons. The van der Waals surface area contributed by atoms with E-state index in [0.29, 0.717) is 10.9 Å². The van der Waals surface area contributed by atoms with Crippen molar-refractivity contribution in [3.05, 3.63) is 27.7 Å². The molecule has 0 saturated heterocycles. The quantitative estimate of drug-likeness (QED) is 0.689. The monoisotopic (exact) mass is 401 g/mol. The van der Waals surface area contributed by atoms with Gasteiger partial charge in [0.25, 0.3) is 0 Å². The first-order valence-corrected chi connectivity index (χ1v) is 9.14. The summed E-state index contributed by atoms with van der Waals surface area (Å²) in [4.78, 5) is 3.12. The molecule has 1 heterocycles. The van der Waals surface area contributed by atoms with Gasteiger partial charge >= 0.3 is 0 Å². The minimum atomic E-state index is 0.627. The molecule has 0 amide bonds. The summed E-state index contributed by atoms with van der Waals surface area (Å²) in [5.74, 6) is 1.13. The Balaban J connectivity index is 1.77. The Morgan fingerprint density at radius 1 is 1.30 bits per heavy atom. The number of alkyl halides is 1. The van der Waals surface area contributed by atoms with Crippen LogP contribution in [0.5, 0.6) is 5.75 Å². The summed E-state index contributed by atoms with van der Waals surface area (Å²) in [5, 5.41) is 0. The first-order chi connectivity index (χ1) is 9.65. The fourth-order valence-electron chi connectivity index (χ4n) is 3.41. The third kappa shape index (κ3) is 3.07. The van der Waals surface area contributed by atoms with E-state index in [-0.39, 0.29) is 0 Å². The summed E-state index contributed by atoms with van der Waals surface area (Å²) < 4.78 is 7.01. The van der Waals surface area contributed by atoms with Crippen molar-refractivity contribution >= 4 is 31.9 Å². The molecule has 1 aromatic carbocycles. The smallest absolute Gasteiger partial charge is 0.127 e. The number of fused-ring (bicyclic) bond motifs is 1. The van der Waals surface area contributed by atoms with Crippen LogP contribution in [-0.2, 0) is 13.0 Å². The topological polar surface area (TPSA) is 12.5 Å². The van der Waals surface area contributed by atoms with Gasteiger partial charge in [0.05, 0.1) is 6.61 Å². The summed E-state index contributed by atoms with van der Waals surface area (Å²) in [6.45, 7) is 1.79. The summed E-state index contributed by atoms with van der Waals surface area (Å²) in [6.07, 6.45) is 6.33. The Bertz CT molecular complexity index is 492. The van der Waals surface area contributed by atoms with E-state index in [9.17, 15) is 0 Å². The van der Waals surface area contributed by atoms with E-state index in [1.54, 1.807) is 0 Å². The number of halogens is 2. The molecule has 2 atom stereocenters. The van der Waals surface area contributed by atoms with Crippen LogP contribution in [0.2, 0.25) is 0 Å². The van der Waals surface area contributed by atoms with E-state index in [0.717, 1.165) is 25.3 Å². The normalized spacial score (nSPS) is 25.6. The number of nitrogens with zero attached hydrogens (tertiary/aromatic N) is 1. The minimum Gasteiger partial charge on any atom is -0.493 e. The zero-order valence-electron chi connectivity index (χ0n) is 11.9. The number of rotatable bonds is 3. The van der Waals surface area contributed by atoms with E-state index in [2.05, 4.69) is 55.9 Å². The van der Waals surface area contributed by atoms with Crippen molar-refractivity contribution in [2.24, 2.45) is 0 Å². The summed E-state index contributed by atoms with van der Waals surface area (Å²) in [5.41, 5.74) is 2.67. The van der Waals surface area contributed by atoms with Crippen molar-refractivity contribution in [2.75, 3.05) is 13.7 Å². The molecule has 0 aromatic heterocycles. The SMILES string of the molecule is CN(Cc1cc(Br)cc2c1OCC2)C1CCCCC1Br. The van der Waals surface area contributed by atoms with Crippen LogP contribution in [0.1, 0.15) is 36.8 Å². The maximum Gasteiger partial charge on any atom is 0.127 e. The summed E-state index contributed by atoms with van der Waals surface area (Å²) in [7, 11) is 2.24. The van der Waals surface area contributed by atoms with Crippen LogP contribution in [-0.4, -0.2) is 29.4 Å². The molecule has 110 valence electrons. The molecule has 3 rings (SSSR count). The Kier molecular flexibility index (Phi) is 4.73. The van der Waals surface area contributed by atoms with Crippen molar-refractivity contribution in [3.8, 4) is 5.75 Å². The van der Waals surface area contributed by atoms with Crippen LogP contribution in [0, 0.1) is 0 Å². The number of ether oxygens (including phenoxy) is 1. The lowest BCUT2D eigenvalue weighted by Crippen LogP contribution is -2.40. The van der Waals surface area contributed by atoms with Crippen LogP contribution >= 0.6 is 31.9 Å². The van der Waals surface area contributed by atoms with Crippen LogP contribution in [0.15, 0.2) is 16.6 Å². The van der Waals surface area contributed by atoms with E-state index in [4.69, 9.17) is 4.74 Å². The molecule has 0 N–H and O–H groups in total. The first-order valence-electron chi connectivity index (χ1n) is 7.43. The molecule has 0 spiro atoms. The van der Waals surface area contributed by atoms with Gasteiger partial charge in [-0.15, -0.1) is 0 Å². The molecule has 2 unspecified atom stereocenters. The van der Waals surface area contributed by atoms with Crippen molar-refractivity contribution in [1.29, 1.82) is 0 Å². The molecule has 0 bridgehead atoms. The van der Waals surface area contributed by atoms with Crippen molar-refractivity contribution < 1.29 is 4.74 Å². The van der Waals surface area contributed by atoms with Gasteiger partial charge in [0, 0.05) is 33.9 Å². The van der Waals surface area contributed by atoms with Gasteiger partial charge in [-0.25, -0.2) is 0 Å². The van der Waals surface area contributed by atoms with Gasteiger partial charge in [-0.3, -0.25) is 4.90 Å². The van der Waals surface area contributed by atoms with Crippen LogP contribution in [0.25, 0.3) is 0 Å². The first kappa shape index (κ1) is 14.9. The molecule has 1 aromatic rings. The number of hydrogen-bond donors (Lipinski definition) is 0. The molecule has 2 aliphatic rings. The lowest BCUT2D eigenvalue weighted by molar-refractivity contribution is 0.191. The predicted octanol–water partition coefficient (Wildman–Crippen LogP) is 4.52. The van der Waals surface area contributed by atoms with Crippen molar-refractivity contribution in [1.82, 2.24) is 4.90 Å². The number of benzene rings is 1. The van der Waals surface area contributed by atoms with Gasteiger partial charge in [-0.1, -0.05) is 44.7 Å². The van der Waals surface area contributed by atoms with E-state index in [1.807, 2.05) is 0 Å². The lowest BCUT2D eigenvalue weighted by Gasteiger charge is -2.35. The highest BCUT2D eigenvalue weighted by Crippen LogP contribution is 2.35. The van der Waals surface area contributed by atoms with E-state index in [1.165, 1.54) is 41.3 Å². The zero-order chi connectivity index (χ0) is 14.1. The Morgan fingerprint density at radius 2 is 2.10 bits per heavy atom. The molecular formula is C16H21Br2NO. The van der Waals surface area contributed by atoms with Gasteiger partial charge in [-0.2, -0.15) is 0 Å². The minimum absolute atomic E-state index is 0.627. The van der Waals surface area contributed by atoms with Crippen molar-refractivity contribution in [2.45, 2.75) is 49.5 Å². The highest BCUT2D eigenvalue weighted by Gasteiger charge is 2.27. The highest BCUT2D eigenvalue weighted by molar-refractivity contribution is 9.10. The van der Waals surface area contributed by atoms with Crippen LogP contribution < -0.4 is 4.74 Å². The van der Waals surface area contributed by atoms with Gasteiger partial charge in [-0.05, 0) is 37.6 Å². The third-order valence-electron chi connectivity index (χ3n) is 4.46. The maximum atomic E-state index is 5.84. The van der Waals surface area contributed by atoms with Gasteiger partial charge in [0.15, 0.2) is 0 Å². The third-order valence-corrected chi connectivity index (χ3v) is 5.98. The average molecular weight is 403 g/mol. The number of hydrogen-bond acceptors (Lipinski definition) is 2. The van der Waals surface area contributed by atoms with Gasteiger partial charge in [0.1, 0.15) is 5.75 Å². The fourth-order valence-corrected chi connectivity index (χ4v) is 4.96. The Morgan fingerprint density at radius 3 is 2.90 bits per heavy atom. The average Bonchev–Trinajstić information content (AvgIpc) is 2.87. The molecule has 2 nitrogen and oxygen atoms in total. The largest absolute Gasteiger partial charge is 0.493 e. The second-order valence-corrected chi connectivity index (χ2v) is 8.03. The Hall–Kier alpha value is -0.0600. The fraction of sp³-hybridized carbons (Fsp3) is 0.625. The van der Waals surface area contributed by atoms with E-state index < -0.39 is 0 Å². The molecular weight excluding hydrogens is 382 g/mol. The van der Waals surface area contributed by atoms with Gasteiger partial charge in [0.2, 0.25) is 0 Å². The second-order valence-electron chi connectivity index (χ2n) is 5.93. The molecule has 1 aliphatic heterocycles. The molecule has 1 saturated carbocycles. The summed E-state index contributed by atoms with van der Waals surface area (Å²) >= 11 is 7.49. The zero-order valence-corrected chi connectivity index (χ0v) is 15.0. The van der Waals surface area contributed by atoms with Crippen molar-refractivity contribution in [3.63, 3.8) is 0 Å². The summed E-state index contributed by atoms with van der Waals surface area (Å²) in [6, 6.07) is 5.05. The molecule has 1 fully saturated rings. The lowest BCUT2D eigenvalue weighted by atomic mass is 9.94. The van der Waals surface area contributed by atoms with Crippen LogP contribution in [0.4, 0.5) is 0 Å². The predicted molar refractivity (Wildman–Crippen MR) is 89.8 cm³/mol. The van der Waals surface area contributed by atoms with E-state index >= 15 is 0 Å². The molecule has 1 aliphatic carbocycles. The molecule has 20 heavy (non-hydrogen) atoms. The standard InChI is InChI=1S/C16H21Br2NO/c1-19(15-5-3-2-4-14(15)18)10-12-9-13(17)8-11-6-7-20-16(11)12/h8-9,14-15H,2-7,10H2,1H3. The molecule has 4 heteroatoms. The van der Waals surface area contributed by atoms with Gasteiger partial charge < -0.3 is 4.74 Å². The second kappa shape index (κ2) is 6.37. The highest BCUT2D eigenvalue weighted by atomic mass is 79.9. The Labute approximate surface area is 138 Å². The maximum absolute atomic E-state index is 5.84.